The molecule has 2 aromatic rings. The number of pyridine rings is 1. The molecule has 22 heavy (non-hydrogen) atoms. The molecular formula is C16H19N3O2S. The topological polar surface area (TPSA) is 54.5 Å². The Morgan fingerprint density at radius 1 is 1.36 bits per heavy atom. The third-order valence-electron chi connectivity index (χ3n) is 3.66. The zero-order valence-electron chi connectivity index (χ0n) is 12.3. The summed E-state index contributed by atoms with van der Waals surface area (Å²) < 4.78 is 5.88. The lowest BCUT2D eigenvalue weighted by atomic mass is 10.1. The number of nitrogens with one attached hydrogen (secondary N) is 1. The van der Waals surface area contributed by atoms with Crippen LogP contribution in [0.5, 0.6) is 5.75 Å². The zero-order chi connectivity index (χ0) is 15.2. The first-order valence-corrected chi connectivity index (χ1v) is 8.31. The van der Waals surface area contributed by atoms with Gasteiger partial charge in [-0.2, -0.15) is 0 Å². The summed E-state index contributed by atoms with van der Waals surface area (Å²) in [5.74, 6) is 0.795. The van der Waals surface area contributed by atoms with Crippen molar-refractivity contribution in [1.29, 1.82) is 0 Å². The molecule has 1 aliphatic rings. The number of aromatic nitrogens is 1. The molecule has 116 valence electrons. The van der Waals surface area contributed by atoms with Gasteiger partial charge in [-0.05, 0) is 23.6 Å². The number of hydrogen-bond acceptors (Lipinski definition) is 4. The summed E-state index contributed by atoms with van der Waals surface area (Å²) in [5.41, 5.74) is 0. The predicted octanol–water partition coefficient (Wildman–Crippen LogP) is 2.90. The fraction of sp³-hybridized carbons (Fsp3) is 0.375. The van der Waals surface area contributed by atoms with Crippen LogP contribution in [0.25, 0.3) is 0 Å². The highest BCUT2D eigenvalue weighted by atomic mass is 32.1. The van der Waals surface area contributed by atoms with Gasteiger partial charge in [-0.1, -0.05) is 6.07 Å². The molecule has 1 aliphatic heterocycles. The van der Waals surface area contributed by atoms with Gasteiger partial charge in [0.2, 0.25) is 0 Å². The van der Waals surface area contributed by atoms with E-state index in [1.165, 1.54) is 4.88 Å². The average Bonchev–Trinajstić information content (AvgIpc) is 3.08. The summed E-state index contributed by atoms with van der Waals surface area (Å²) in [6.45, 7) is 2.05. The second-order valence-corrected chi connectivity index (χ2v) is 6.26. The van der Waals surface area contributed by atoms with E-state index in [9.17, 15) is 4.79 Å². The first kappa shape index (κ1) is 14.8. The van der Waals surface area contributed by atoms with Crippen molar-refractivity contribution in [3.63, 3.8) is 0 Å². The van der Waals surface area contributed by atoms with Crippen LogP contribution in [0, 0.1) is 0 Å². The Kier molecular flexibility index (Phi) is 4.90. The highest BCUT2D eigenvalue weighted by Gasteiger charge is 2.23. The van der Waals surface area contributed by atoms with E-state index < -0.39 is 0 Å². The fourth-order valence-corrected chi connectivity index (χ4v) is 3.12. The molecule has 0 saturated carbocycles. The molecule has 0 aliphatic carbocycles. The number of thiophene rings is 1. The lowest BCUT2D eigenvalue weighted by Gasteiger charge is -2.32. The van der Waals surface area contributed by atoms with E-state index in [-0.39, 0.29) is 12.1 Å². The Morgan fingerprint density at radius 3 is 2.91 bits per heavy atom. The molecule has 2 aromatic heterocycles. The minimum absolute atomic E-state index is 0.00762. The van der Waals surface area contributed by atoms with Crippen LogP contribution in [-0.2, 0) is 6.54 Å². The number of urea groups is 1. The minimum Gasteiger partial charge on any atom is -0.489 e. The summed E-state index contributed by atoms with van der Waals surface area (Å²) in [6, 6.07) is 7.80. The van der Waals surface area contributed by atoms with Crippen molar-refractivity contribution in [1.82, 2.24) is 15.2 Å². The molecule has 3 heterocycles. The van der Waals surface area contributed by atoms with Crippen molar-refractivity contribution >= 4 is 17.4 Å². The van der Waals surface area contributed by atoms with Gasteiger partial charge >= 0.3 is 6.03 Å². The van der Waals surface area contributed by atoms with Crippen LogP contribution in [0.15, 0.2) is 42.0 Å². The Bertz CT molecular complexity index is 581. The smallest absolute Gasteiger partial charge is 0.317 e. The Morgan fingerprint density at radius 2 is 2.23 bits per heavy atom. The largest absolute Gasteiger partial charge is 0.489 e. The van der Waals surface area contributed by atoms with Gasteiger partial charge in [0, 0.05) is 37.0 Å². The second-order valence-electron chi connectivity index (χ2n) is 5.23. The molecule has 3 rings (SSSR count). The van der Waals surface area contributed by atoms with Gasteiger partial charge in [-0.3, -0.25) is 4.98 Å². The van der Waals surface area contributed by atoms with Crippen molar-refractivity contribution in [2.45, 2.75) is 25.5 Å². The maximum Gasteiger partial charge on any atom is 0.317 e. The van der Waals surface area contributed by atoms with E-state index in [0.717, 1.165) is 31.7 Å². The summed E-state index contributed by atoms with van der Waals surface area (Å²) in [6.07, 6.45) is 5.31. The van der Waals surface area contributed by atoms with Crippen LogP contribution in [0.3, 0.4) is 0 Å². The minimum atomic E-state index is 0.00762. The zero-order valence-corrected chi connectivity index (χ0v) is 13.1. The molecule has 1 saturated heterocycles. The first-order valence-electron chi connectivity index (χ1n) is 7.43. The van der Waals surface area contributed by atoms with Gasteiger partial charge < -0.3 is 15.0 Å². The number of nitrogens with zero attached hydrogens (tertiary/aromatic N) is 2. The van der Waals surface area contributed by atoms with Gasteiger partial charge in [0.05, 0.1) is 12.7 Å². The quantitative estimate of drug-likeness (QED) is 0.943. The van der Waals surface area contributed by atoms with Gasteiger partial charge in [0.1, 0.15) is 11.9 Å². The number of piperidine rings is 1. The van der Waals surface area contributed by atoms with E-state index in [1.807, 2.05) is 34.5 Å². The molecule has 5 nitrogen and oxygen atoms in total. The number of likely N-dealkylation sites (tertiary alicyclic amines) is 1. The Hall–Kier alpha value is -2.08. The number of ether oxygens (including phenoxy) is 1. The lowest BCUT2D eigenvalue weighted by molar-refractivity contribution is 0.110. The van der Waals surface area contributed by atoms with Crippen LogP contribution >= 0.6 is 11.3 Å². The number of hydrogen-bond donors (Lipinski definition) is 1. The summed E-state index contributed by atoms with van der Waals surface area (Å²) in [5, 5.41) is 4.98. The second kappa shape index (κ2) is 7.26. The lowest BCUT2D eigenvalue weighted by Crippen LogP contribution is -2.46. The third-order valence-corrected chi connectivity index (χ3v) is 4.54. The van der Waals surface area contributed by atoms with E-state index >= 15 is 0 Å². The van der Waals surface area contributed by atoms with Crippen LogP contribution in [0.1, 0.15) is 17.7 Å². The van der Waals surface area contributed by atoms with Crippen molar-refractivity contribution in [3.8, 4) is 5.75 Å². The van der Waals surface area contributed by atoms with Crippen LogP contribution in [0.2, 0.25) is 0 Å². The van der Waals surface area contributed by atoms with Gasteiger partial charge in [0.25, 0.3) is 0 Å². The predicted molar refractivity (Wildman–Crippen MR) is 86.0 cm³/mol. The van der Waals surface area contributed by atoms with Crippen molar-refractivity contribution in [3.05, 3.63) is 46.9 Å². The van der Waals surface area contributed by atoms with Crippen molar-refractivity contribution in [2.75, 3.05) is 13.1 Å². The molecule has 0 spiro atoms. The summed E-state index contributed by atoms with van der Waals surface area (Å²) in [7, 11) is 0. The average molecular weight is 317 g/mol. The molecule has 1 fully saturated rings. The Labute approximate surface area is 133 Å². The number of rotatable bonds is 4. The number of amides is 2. The normalized spacial score (nSPS) is 15.5. The molecule has 0 aromatic carbocycles. The molecule has 1 N–H and O–H groups in total. The molecular weight excluding hydrogens is 298 g/mol. The van der Waals surface area contributed by atoms with Crippen molar-refractivity contribution < 1.29 is 9.53 Å². The molecule has 2 amide bonds. The van der Waals surface area contributed by atoms with Crippen LogP contribution in [-0.4, -0.2) is 35.1 Å². The molecule has 0 unspecified atom stereocenters. The van der Waals surface area contributed by atoms with E-state index in [4.69, 9.17) is 4.74 Å². The van der Waals surface area contributed by atoms with Gasteiger partial charge in [0.15, 0.2) is 0 Å². The van der Waals surface area contributed by atoms with E-state index in [2.05, 4.69) is 10.3 Å². The highest BCUT2D eigenvalue weighted by molar-refractivity contribution is 7.09. The van der Waals surface area contributed by atoms with E-state index in [1.54, 1.807) is 23.7 Å². The van der Waals surface area contributed by atoms with E-state index in [0.29, 0.717) is 6.54 Å². The number of carbonyl (C=O) groups is 1. The van der Waals surface area contributed by atoms with Crippen LogP contribution < -0.4 is 10.1 Å². The standard InChI is InChI=1S/C16H19N3O2S/c20-16(18-12-15-4-2-10-22-15)19-8-5-13(6-9-19)21-14-3-1-7-17-11-14/h1-4,7,10-11,13H,5-6,8-9,12H2,(H,18,20). The van der Waals surface area contributed by atoms with Gasteiger partial charge in [-0.15, -0.1) is 11.3 Å². The highest BCUT2D eigenvalue weighted by Crippen LogP contribution is 2.18. The third kappa shape index (κ3) is 3.98. The first-order chi connectivity index (χ1) is 10.8. The van der Waals surface area contributed by atoms with Gasteiger partial charge in [-0.25, -0.2) is 4.79 Å². The van der Waals surface area contributed by atoms with Crippen LogP contribution in [0.4, 0.5) is 4.79 Å². The SMILES string of the molecule is O=C(NCc1cccs1)N1CCC(Oc2cccnc2)CC1. The molecule has 0 atom stereocenters. The summed E-state index contributed by atoms with van der Waals surface area (Å²) in [4.78, 5) is 19.2. The Balaban J connectivity index is 1.42. The maximum atomic E-state index is 12.1. The fourth-order valence-electron chi connectivity index (χ4n) is 2.47. The monoisotopic (exact) mass is 317 g/mol. The maximum absolute atomic E-state index is 12.1. The molecule has 0 bridgehead atoms. The van der Waals surface area contributed by atoms with Crippen molar-refractivity contribution in [2.24, 2.45) is 0 Å². The molecule has 0 radical (unpaired) electrons. The number of carbonyl (C=O) groups excluding carboxylic acids is 1. The molecule has 6 heteroatoms. The summed E-state index contributed by atoms with van der Waals surface area (Å²) >= 11 is 1.65.